The van der Waals surface area contributed by atoms with Crippen LogP contribution in [0.1, 0.15) is 22.7 Å². The zero-order chi connectivity index (χ0) is 15.1. The van der Waals surface area contributed by atoms with E-state index in [0.717, 1.165) is 11.3 Å². The summed E-state index contributed by atoms with van der Waals surface area (Å²) in [6.07, 6.45) is 0.979. The second-order valence-electron chi connectivity index (χ2n) is 5.83. The number of hydrogen-bond acceptors (Lipinski definition) is 3. The molecule has 0 radical (unpaired) electrons. The van der Waals surface area contributed by atoms with Crippen molar-refractivity contribution in [2.75, 3.05) is 5.75 Å². The molecule has 4 heteroatoms. The summed E-state index contributed by atoms with van der Waals surface area (Å²) in [4.78, 5) is 5.50. The Hall–Kier alpha value is -1.94. The second kappa shape index (κ2) is 5.36. The van der Waals surface area contributed by atoms with Crippen LogP contribution in [-0.4, -0.2) is 22.0 Å². The highest BCUT2D eigenvalue weighted by atomic mass is 32.2. The van der Waals surface area contributed by atoms with Crippen LogP contribution in [0.3, 0.4) is 0 Å². The van der Waals surface area contributed by atoms with Crippen LogP contribution in [0, 0.1) is 6.92 Å². The topological polar surface area (TPSA) is 38.7 Å². The summed E-state index contributed by atoms with van der Waals surface area (Å²) >= 11 is 0. The number of nitrogens with zero attached hydrogens (tertiary/aromatic N) is 1. The van der Waals surface area contributed by atoms with E-state index in [-0.39, 0.29) is 12.1 Å². The third-order valence-corrected chi connectivity index (χ3v) is 5.56. The van der Waals surface area contributed by atoms with Crippen LogP contribution in [0.5, 0.6) is 0 Å². The van der Waals surface area contributed by atoms with Gasteiger partial charge in [0, 0.05) is 11.3 Å². The lowest BCUT2D eigenvalue weighted by atomic mass is 10.1. The van der Waals surface area contributed by atoms with E-state index < -0.39 is 10.8 Å². The first-order valence-corrected chi connectivity index (χ1v) is 8.79. The molecule has 22 heavy (non-hydrogen) atoms. The van der Waals surface area contributed by atoms with Gasteiger partial charge in [0.15, 0.2) is 5.90 Å². The monoisotopic (exact) mass is 311 g/mol. The lowest BCUT2D eigenvalue weighted by Crippen LogP contribution is -2.17. The SMILES string of the molecule is Cc1ccc(S(=O)CC2=N[C@H]3c4ccccc4C[C@H]3O2)cc1. The van der Waals surface area contributed by atoms with E-state index >= 15 is 0 Å². The van der Waals surface area contributed by atoms with E-state index in [1.165, 1.54) is 16.7 Å². The van der Waals surface area contributed by atoms with Gasteiger partial charge in [-0.05, 0) is 30.2 Å². The standard InChI is InChI=1S/C18H17NO2S/c1-12-6-8-14(9-7-12)22(20)11-17-19-18-15-5-3-2-4-13(15)10-16(18)21-17/h2-9,16,18H,10-11H2,1H3/t16-,18+,22?/m1/s1. The number of hydrogen-bond donors (Lipinski definition) is 0. The molecular formula is C18H17NO2S. The van der Waals surface area contributed by atoms with Gasteiger partial charge in [-0.25, -0.2) is 4.99 Å². The van der Waals surface area contributed by atoms with Crippen LogP contribution in [-0.2, 0) is 22.0 Å². The third kappa shape index (κ3) is 2.37. The Labute approximate surface area is 132 Å². The largest absolute Gasteiger partial charge is 0.474 e. The van der Waals surface area contributed by atoms with Gasteiger partial charge < -0.3 is 4.74 Å². The molecule has 3 nitrogen and oxygen atoms in total. The molecule has 0 saturated heterocycles. The molecule has 0 N–H and O–H groups in total. The maximum atomic E-state index is 12.4. The number of benzene rings is 2. The first-order valence-electron chi connectivity index (χ1n) is 7.47. The second-order valence-corrected chi connectivity index (χ2v) is 7.28. The average Bonchev–Trinajstić information content (AvgIpc) is 3.05. The third-order valence-electron chi connectivity index (χ3n) is 4.26. The highest BCUT2D eigenvalue weighted by Crippen LogP contribution is 2.39. The van der Waals surface area contributed by atoms with Crippen molar-refractivity contribution in [2.24, 2.45) is 4.99 Å². The van der Waals surface area contributed by atoms with Crippen LogP contribution < -0.4 is 0 Å². The van der Waals surface area contributed by atoms with Gasteiger partial charge in [-0.1, -0.05) is 42.0 Å². The summed E-state index contributed by atoms with van der Waals surface area (Å²) in [5, 5.41) is 0. The summed E-state index contributed by atoms with van der Waals surface area (Å²) < 4.78 is 18.4. The minimum absolute atomic E-state index is 0.0845. The molecule has 0 fully saturated rings. The first-order chi connectivity index (χ1) is 10.7. The van der Waals surface area contributed by atoms with Gasteiger partial charge in [0.25, 0.3) is 0 Å². The maximum Gasteiger partial charge on any atom is 0.197 e. The Morgan fingerprint density at radius 1 is 1.18 bits per heavy atom. The quantitative estimate of drug-likeness (QED) is 0.873. The molecule has 0 aromatic heterocycles. The van der Waals surface area contributed by atoms with Gasteiger partial charge in [-0.15, -0.1) is 0 Å². The Morgan fingerprint density at radius 2 is 1.95 bits per heavy atom. The van der Waals surface area contributed by atoms with Crippen LogP contribution in [0.25, 0.3) is 0 Å². The molecule has 0 saturated carbocycles. The zero-order valence-corrected chi connectivity index (χ0v) is 13.2. The Balaban J connectivity index is 1.52. The van der Waals surface area contributed by atoms with Crippen LogP contribution >= 0.6 is 0 Å². The number of rotatable bonds is 3. The normalized spacial score (nSPS) is 23.4. The van der Waals surface area contributed by atoms with Gasteiger partial charge in [-0.2, -0.15) is 0 Å². The molecule has 0 amide bonds. The zero-order valence-electron chi connectivity index (χ0n) is 12.4. The summed E-state index contributed by atoms with van der Waals surface area (Å²) in [5.41, 5.74) is 3.74. The Kier molecular flexibility index (Phi) is 3.34. The lowest BCUT2D eigenvalue weighted by Gasteiger charge is -2.08. The van der Waals surface area contributed by atoms with Crippen LogP contribution in [0.4, 0.5) is 0 Å². The van der Waals surface area contributed by atoms with E-state index in [9.17, 15) is 4.21 Å². The maximum absolute atomic E-state index is 12.4. The molecule has 112 valence electrons. The molecule has 3 atom stereocenters. The molecule has 0 bridgehead atoms. The molecule has 4 rings (SSSR count). The van der Waals surface area contributed by atoms with Crippen LogP contribution in [0.2, 0.25) is 0 Å². The fourth-order valence-electron chi connectivity index (χ4n) is 3.11. The van der Waals surface area contributed by atoms with Crippen molar-refractivity contribution in [1.82, 2.24) is 0 Å². The summed E-state index contributed by atoms with van der Waals surface area (Å²) in [7, 11) is -1.10. The van der Waals surface area contributed by atoms with E-state index in [4.69, 9.17) is 4.74 Å². The smallest absolute Gasteiger partial charge is 0.197 e. The van der Waals surface area contributed by atoms with E-state index in [1.54, 1.807) is 0 Å². The van der Waals surface area contributed by atoms with Crippen molar-refractivity contribution in [2.45, 2.75) is 30.4 Å². The number of aliphatic imine (C=N–C) groups is 1. The fraction of sp³-hybridized carbons (Fsp3) is 0.278. The summed E-state index contributed by atoms with van der Waals surface area (Å²) in [6.45, 7) is 2.02. The molecule has 0 spiro atoms. The minimum Gasteiger partial charge on any atom is -0.474 e. The average molecular weight is 311 g/mol. The fourth-order valence-corrected chi connectivity index (χ4v) is 4.09. The Morgan fingerprint density at radius 3 is 2.77 bits per heavy atom. The van der Waals surface area contributed by atoms with Crippen molar-refractivity contribution in [3.8, 4) is 0 Å². The van der Waals surface area contributed by atoms with Gasteiger partial charge in [-0.3, -0.25) is 4.21 Å². The van der Waals surface area contributed by atoms with E-state index in [1.807, 2.05) is 37.3 Å². The molecule has 1 heterocycles. The summed E-state index contributed by atoms with van der Waals surface area (Å²) in [6, 6.07) is 16.2. The molecule has 2 aromatic carbocycles. The number of ether oxygens (including phenoxy) is 1. The van der Waals surface area contributed by atoms with E-state index in [2.05, 4.69) is 23.2 Å². The molecule has 1 aliphatic heterocycles. The van der Waals surface area contributed by atoms with Gasteiger partial charge in [0.05, 0.1) is 10.8 Å². The highest BCUT2D eigenvalue weighted by molar-refractivity contribution is 7.85. The van der Waals surface area contributed by atoms with E-state index in [0.29, 0.717) is 11.7 Å². The van der Waals surface area contributed by atoms with Gasteiger partial charge in [0.1, 0.15) is 17.9 Å². The molecule has 2 aliphatic rings. The Bertz CT molecular complexity index is 767. The summed E-state index contributed by atoms with van der Waals surface area (Å²) in [5.74, 6) is 0.988. The molecule has 2 aromatic rings. The number of aryl methyl sites for hydroxylation is 1. The van der Waals surface area contributed by atoms with Gasteiger partial charge in [0.2, 0.25) is 0 Å². The highest BCUT2D eigenvalue weighted by Gasteiger charge is 2.39. The lowest BCUT2D eigenvalue weighted by molar-refractivity contribution is 0.205. The van der Waals surface area contributed by atoms with Crippen molar-refractivity contribution >= 4 is 16.7 Å². The van der Waals surface area contributed by atoms with Crippen molar-refractivity contribution < 1.29 is 8.95 Å². The van der Waals surface area contributed by atoms with Crippen LogP contribution in [0.15, 0.2) is 58.4 Å². The van der Waals surface area contributed by atoms with Crippen molar-refractivity contribution in [1.29, 1.82) is 0 Å². The predicted molar refractivity (Wildman–Crippen MR) is 87.6 cm³/mol. The number of fused-ring (bicyclic) bond motifs is 3. The van der Waals surface area contributed by atoms with Crippen molar-refractivity contribution in [3.63, 3.8) is 0 Å². The molecule has 1 unspecified atom stereocenters. The van der Waals surface area contributed by atoms with Crippen molar-refractivity contribution in [3.05, 3.63) is 65.2 Å². The minimum atomic E-state index is -1.10. The van der Waals surface area contributed by atoms with Gasteiger partial charge >= 0.3 is 0 Å². The predicted octanol–water partition coefficient (Wildman–Crippen LogP) is 3.20. The molecular weight excluding hydrogens is 294 g/mol. The first kappa shape index (κ1) is 13.7. The molecule has 1 aliphatic carbocycles.